The molecule has 0 spiro atoms. The summed E-state index contributed by atoms with van der Waals surface area (Å²) in [6, 6.07) is 5.35. The molecule has 0 atom stereocenters. The first-order chi connectivity index (χ1) is 8.30. The maximum absolute atomic E-state index is 12.1. The van der Waals surface area contributed by atoms with Gasteiger partial charge >= 0.3 is 5.97 Å². The van der Waals surface area contributed by atoms with Gasteiger partial charge in [-0.25, -0.2) is 0 Å². The highest BCUT2D eigenvalue weighted by molar-refractivity contribution is 5.85. The van der Waals surface area contributed by atoms with Crippen LogP contribution in [0.2, 0.25) is 0 Å². The van der Waals surface area contributed by atoms with Gasteiger partial charge in [-0.05, 0) is 12.1 Å². The van der Waals surface area contributed by atoms with Crippen LogP contribution >= 0.6 is 0 Å². The summed E-state index contributed by atoms with van der Waals surface area (Å²) < 4.78 is 0. The van der Waals surface area contributed by atoms with E-state index < -0.39 is 11.4 Å². The molecule has 18 heavy (non-hydrogen) atoms. The second-order valence-corrected chi connectivity index (χ2v) is 5.13. The van der Waals surface area contributed by atoms with Gasteiger partial charge in [0.15, 0.2) is 0 Å². The number of hydrogen-bond donors (Lipinski definition) is 1. The van der Waals surface area contributed by atoms with E-state index in [1.54, 1.807) is 39.1 Å². The number of aromatic nitrogens is 1. The number of hydrogen-bond acceptors (Lipinski definition) is 3. The fraction of sp³-hybridized carbons (Fsp3) is 0.462. The van der Waals surface area contributed by atoms with Crippen LogP contribution in [0.15, 0.2) is 24.4 Å². The molecule has 0 aromatic carbocycles. The molecule has 1 N–H and O–H groups in total. The molecule has 1 aromatic heterocycles. The number of carbonyl (C=O) groups is 2. The normalized spacial score (nSPS) is 11.1. The van der Waals surface area contributed by atoms with Crippen LogP contribution in [-0.2, 0) is 16.1 Å². The van der Waals surface area contributed by atoms with E-state index in [1.807, 2.05) is 6.07 Å². The number of carboxylic acids is 1. The van der Waals surface area contributed by atoms with E-state index in [0.717, 1.165) is 0 Å². The van der Waals surface area contributed by atoms with Crippen molar-refractivity contribution in [2.45, 2.75) is 27.3 Å². The third kappa shape index (κ3) is 4.16. The number of aliphatic carboxylic acids is 1. The van der Waals surface area contributed by atoms with Gasteiger partial charge in [0.2, 0.25) is 5.91 Å². The van der Waals surface area contributed by atoms with E-state index in [9.17, 15) is 9.59 Å². The zero-order chi connectivity index (χ0) is 13.8. The third-order valence-electron chi connectivity index (χ3n) is 2.33. The lowest BCUT2D eigenvalue weighted by molar-refractivity contribution is -0.149. The fourth-order valence-electron chi connectivity index (χ4n) is 1.52. The predicted octanol–water partition coefficient (Wildman–Crippen LogP) is 1.54. The Morgan fingerprint density at radius 2 is 2.00 bits per heavy atom. The van der Waals surface area contributed by atoms with Crippen LogP contribution in [0.1, 0.15) is 26.5 Å². The van der Waals surface area contributed by atoms with Gasteiger partial charge in [0.25, 0.3) is 0 Å². The van der Waals surface area contributed by atoms with Crippen molar-refractivity contribution >= 4 is 11.9 Å². The second kappa shape index (κ2) is 5.62. The number of amides is 1. The standard InChI is InChI=1S/C13H18N2O3/c1-13(2,3)12(18)15(9-11(16)17)8-10-6-4-5-7-14-10/h4-7H,8-9H2,1-3H3,(H,16,17). The zero-order valence-electron chi connectivity index (χ0n) is 10.9. The Balaban J connectivity index is 2.86. The Labute approximate surface area is 106 Å². The molecule has 0 fully saturated rings. The molecule has 98 valence electrons. The van der Waals surface area contributed by atoms with E-state index in [0.29, 0.717) is 5.69 Å². The summed E-state index contributed by atoms with van der Waals surface area (Å²) in [5, 5.41) is 8.86. The summed E-state index contributed by atoms with van der Waals surface area (Å²) in [5.74, 6) is -1.22. The molecule has 1 aromatic rings. The number of carboxylic acid groups (broad SMARTS) is 1. The first-order valence-electron chi connectivity index (χ1n) is 5.72. The molecule has 1 amide bonds. The summed E-state index contributed by atoms with van der Waals surface area (Å²) in [7, 11) is 0. The van der Waals surface area contributed by atoms with Crippen LogP contribution < -0.4 is 0 Å². The maximum atomic E-state index is 12.1. The van der Waals surface area contributed by atoms with Gasteiger partial charge < -0.3 is 10.0 Å². The Morgan fingerprint density at radius 1 is 1.33 bits per heavy atom. The highest BCUT2D eigenvalue weighted by Gasteiger charge is 2.28. The lowest BCUT2D eigenvalue weighted by Crippen LogP contribution is -2.42. The van der Waals surface area contributed by atoms with Gasteiger partial charge in [0.05, 0.1) is 12.2 Å². The van der Waals surface area contributed by atoms with E-state index >= 15 is 0 Å². The Morgan fingerprint density at radius 3 is 2.44 bits per heavy atom. The minimum Gasteiger partial charge on any atom is -0.480 e. The number of rotatable bonds is 4. The Hall–Kier alpha value is -1.91. The molecule has 1 rings (SSSR count). The van der Waals surface area contributed by atoms with Gasteiger partial charge in [-0.15, -0.1) is 0 Å². The zero-order valence-corrected chi connectivity index (χ0v) is 10.9. The minimum atomic E-state index is -1.02. The molecule has 0 aliphatic carbocycles. The molecule has 0 aliphatic heterocycles. The molecule has 0 radical (unpaired) electrons. The molecule has 0 unspecified atom stereocenters. The maximum Gasteiger partial charge on any atom is 0.323 e. The van der Waals surface area contributed by atoms with Crippen molar-refractivity contribution in [1.82, 2.24) is 9.88 Å². The van der Waals surface area contributed by atoms with Gasteiger partial charge in [0, 0.05) is 11.6 Å². The van der Waals surface area contributed by atoms with E-state index in [1.165, 1.54) is 4.90 Å². The summed E-state index contributed by atoms with van der Waals surface area (Å²) in [6.45, 7) is 5.20. The van der Waals surface area contributed by atoms with Crippen molar-refractivity contribution in [2.75, 3.05) is 6.54 Å². The lowest BCUT2D eigenvalue weighted by Gasteiger charge is -2.27. The van der Waals surface area contributed by atoms with Crippen molar-refractivity contribution in [2.24, 2.45) is 5.41 Å². The average molecular weight is 250 g/mol. The Kier molecular flexibility index (Phi) is 4.42. The van der Waals surface area contributed by atoms with Crippen LogP contribution in [0.25, 0.3) is 0 Å². The summed E-state index contributed by atoms with van der Waals surface area (Å²) in [6.07, 6.45) is 1.62. The predicted molar refractivity (Wildman–Crippen MR) is 66.7 cm³/mol. The summed E-state index contributed by atoms with van der Waals surface area (Å²) >= 11 is 0. The van der Waals surface area contributed by atoms with Crippen LogP contribution in [0, 0.1) is 5.41 Å². The molecule has 1 heterocycles. The van der Waals surface area contributed by atoms with Crippen molar-refractivity contribution in [1.29, 1.82) is 0 Å². The highest BCUT2D eigenvalue weighted by Crippen LogP contribution is 2.18. The molecule has 5 nitrogen and oxygen atoms in total. The first-order valence-corrected chi connectivity index (χ1v) is 5.72. The second-order valence-electron chi connectivity index (χ2n) is 5.13. The number of pyridine rings is 1. The number of nitrogens with zero attached hydrogens (tertiary/aromatic N) is 2. The summed E-state index contributed by atoms with van der Waals surface area (Å²) in [4.78, 5) is 28.4. The molecular weight excluding hydrogens is 232 g/mol. The first kappa shape index (κ1) is 14.2. The minimum absolute atomic E-state index is 0.199. The quantitative estimate of drug-likeness (QED) is 0.880. The van der Waals surface area contributed by atoms with E-state index in [-0.39, 0.29) is 19.0 Å². The van der Waals surface area contributed by atoms with Gasteiger partial charge in [-0.3, -0.25) is 14.6 Å². The molecule has 0 aliphatic rings. The lowest BCUT2D eigenvalue weighted by atomic mass is 9.94. The summed E-state index contributed by atoms with van der Waals surface area (Å²) in [5.41, 5.74) is 0.0703. The van der Waals surface area contributed by atoms with Gasteiger partial charge in [-0.1, -0.05) is 26.8 Å². The van der Waals surface area contributed by atoms with Crippen LogP contribution in [0.5, 0.6) is 0 Å². The smallest absolute Gasteiger partial charge is 0.323 e. The van der Waals surface area contributed by atoms with Crippen molar-refractivity contribution in [3.05, 3.63) is 30.1 Å². The fourth-order valence-corrected chi connectivity index (χ4v) is 1.52. The van der Waals surface area contributed by atoms with Crippen LogP contribution in [0.4, 0.5) is 0 Å². The Bertz CT molecular complexity index is 424. The monoisotopic (exact) mass is 250 g/mol. The highest BCUT2D eigenvalue weighted by atomic mass is 16.4. The van der Waals surface area contributed by atoms with Crippen LogP contribution in [-0.4, -0.2) is 33.4 Å². The number of carbonyl (C=O) groups excluding carboxylic acids is 1. The molecular formula is C13H18N2O3. The molecule has 0 saturated heterocycles. The SMILES string of the molecule is CC(C)(C)C(=O)N(CC(=O)O)Cc1ccccn1. The van der Waals surface area contributed by atoms with Crippen LogP contribution in [0.3, 0.4) is 0 Å². The largest absolute Gasteiger partial charge is 0.480 e. The van der Waals surface area contributed by atoms with Gasteiger partial charge in [0.1, 0.15) is 6.54 Å². The van der Waals surface area contributed by atoms with Crippen molar-refractivity contribution in [3.8, 4) is 0 Å². The molecule has 0 saturated carbocycles. The topological polar surface area (TPSA) is 70.5 Å². The third-order valence-corrected chi connectivity index (χ3v) is 2.33. The van der Waals surface area contributed by atoms with Crippen molar-refractivity contribution < 1.29 is 14.7 Å². The van der Waals surface area contributed by atoms with Gasteiger partial charge in [-0.2, -0.15) is 0 Å². The average Bonchev–Trinajstić information content (AvgIpc) is 2.26. The van der Waals surface area contributed by atoms with E-state index in [2.05, 4.69) is 4.98 Å². The molecule has 0 bridgehead atoms. The van der Waals surface area contributed by atoms with Crippen molar-refractivity contribution in [3.63, 3.8) is 0 Å². The van der Waals surface area contributed by atoms with E-state index in [4.69, 9.17) is 5.11 Å². The molecule has 5 heteroatoms.